The topological polar surface area (TPSA) is 37.3 Å². The highest BCUT2D eigenvalue weighted by molar-refractivity contribution is 5.87. The fourth-order valence-corrected chi connectivity index (χ4v) is 7.72. The van der Waals surface area contributed by atoms with Crippen molar-refractivity contribution < 1.29 is 9.90 Å². The number of rotatable bonds is 2. The maximum absolute atomic E-state index is 12.8. The molecule has 4 aliphatic rings. The van der Waals surface area contributed by atoms with E-state index >= 15 is 0 Å². The molecule has 2 heteroatoms. The molecule has 23 heavy (non-hydrogen) atoms. The molecule has 0 aliphatic heterocycles. The predicted octanol–water partition coefficient (Wildman–Crippen LogP) is 4.74. The van der Waals surface area contributed by atoms with Gasteiger partial charge in [-0.25, -0.2) is 0 Å². The van der Waals surface area contributed by atoms with Gasteiger partial charge in [-0.3, -0.25) is 4.79 Å². The molecule has 4 fully saturated rings. The Balaban J connectivity index is 1.63. The Bertz CT molecular complexity index is 486. The van der Waals surface area contributed by atoms with E-state index in [1.807, 2.05) is 0 Å². The first-order chi connectivity index (χ1) is 11.0. The number of carbonyl (C=O) groups excluding carboxylic acids is 1. The molecule has 0 aromatic carbocycles. The summed E-state index contributed by atoms with van der Waals surface area (Å²) in [5.41, 5.74) is 0.499. The van der Waals surface area contributed by atoms with Crippen LogP contribution < -0.4 is 0 Å². The fourth-order valence-electron chi connectivity index (χ4n) is 7.72. The van der Waals surface area contributed by atoms with Crippen molar-refractivity contribution in [2.75, 3.05) is 0 Å². The van der Waals surface area contributed by atoms with Crippen molar-refractivity contribution in [2.45, 2.75) is 90.6 Å². The van der Waals surface area contributed by atoms with Crippen LogP contribution in [0.1, 0.15) is 84.5 Å². The Labute approximate surface area is 141 Å². The van der Waals surface area contributed by atoms with Crippen LogP contribution in [0.4, 0.5) is 0 Å². The van der Waals surface area contributed by atoms with Gasteiger partial charge in [-0.15, -0.1) is 0 Å². The van der Waals surface area contributed by atoms with E-state index in [0.717, 1.165) is 56.3 Å². The van der Waals surface area contributed by atoms with Gasteiger partial charge in [0.2, 0.25) is 0 Å². The van der Waals surface area contributed by atoms with Gasteiger partial charge in [0.15, 0.2) is 0 Å². The number of Topliss-reactive ketones (excluding diaryl/α,β-unsaturated/α-hetero) is 1. The minimum absolute atomic E-state index is 0.0551. The minimum atomic E-state index is -0.0551. The molecule has 0 bridgehead atoms. The number of hydrogen-bond donors (Lipinski definition) is 1. The van der Waals surface area contributed by atoms with Crippen LogP contribution in [0, 0.1) is 34.5 Å². The predicted molar refractivity (Wildman–Crippen MR) is 92.0 cm³/mol. The molecule has 0 heterocycles. The van der Waals surface area contributed by atoms with E-state index in [2.05, 4.69) is 13.8 Å². The number of carbonyl (C=O) groups is 1. The smallest absolute Gasteiger partial charge is 0.139 e. The van der Waals surface area contributed by atoms with E-state index in [4.69, 9.17) is 0 Å². The summed E-state index contributed by atoms with van der Waals surface area (Å²) in [6.45, 7) is 4.79. The van der Waals surface area contributed by atoms with Crippen LogP contribution in [0.2, 0.25) is 0 Å². The molecular weight excluding hydrogens is 284 g/mol. The van der Waals surface area contributed by atoms with Crippen molar-refractivity contribution in [1.82, 2.24) is 0 Å². The summed E-state index contributed by atoms with van der Waals surface area (Å²) in [6.07, 6.45) is 12.6. The normalized spacial score (nSPS) is 52.7. The zero-order valence-corrected chi connectivity index (χ0v) is 15.0. The zero-order chi connectivity index (χ0) is 16.2. The molecule has 130 valence electrons. The van der Waals surface area contributed by atoms with Gasteiger partial charge in [-0.1, -0.05) is 20.3 Å². The SMILES string of the molecule is CCC[C@]12CC[C@H]3[C@@H](CC[C@H]4C[C@@H](O)CC[C@@]43C)[C@@H]1CCC2=O. The van der Waals surface area contributed by atoms with Gasteiger partial charge in [-0.2, -0.15) is 0 Å². The van der Waals surface area contributed by atoms with Crippen LogP contribution >= 0.6 is 0 Å². The highest BCUT2D eigenvalue weighted by Gasteiger charge is 2.61. The summed E-state index contributed by atoms with van der Waals surface area (Å²) in [6, 6.07) is 0. The Morgan fingerprint density at radius 3 is 2.70 bits per heavy atom. The first-order valence-corrected chi connectivity index (χ1v) is 10.2. The lowest BCUT2D eigenvalue weighted by Crippen LogP contribution is -2.54. The minimum Gasteiger partial charge on any atom is -0.393 e. The number of fused-ring (bicyclic) bond motifs is 5. The summed E-state index contributed by atoms with van der Waals surface area (Å²) in [7, 11) is 0. The Hall–Kier alpha value is -0.370. The van der Waals surface area contributed by atoms with E-state index < -0.39 is 0 Å². The second-order valence-corrected chi connectivity index (χ2v) is 9.49. The molecule has 4 saturated carbocycles. The van der Waals surface area contributed by atoms with Crippen LogP contribution in [0.3, 0.4) is 0 Å². The Kier molecular flexibility index (Phi) is 3.91. The molecule has 0 aromatic rings. The molecule has 2 nitrogen and oxygen atoms in total. The van der Waals surface area contributed by atoms with Gasteiger partial charge in [-0.05, 0) is 86.9 Å². The molecule has 0 unspecified atom stereocenters. The van der Waals surface area contributed by atoms with Crippen LogP contribution in [0.15, 0.2) is 0 Å². The van der Waals surface area contributed by atoms with Crippen LogP contribution in [0.5, 0.6) is 0 Å². The van der Waals surface area contributed by atoms with Crippen molar-refractivity contribution >= 4 is 5.78 Å². The van der Waals surface area contributed by atoms with E-state index in [0.29, 0.717) is 17.1 Å². The molecular formula is C21H34O2. The number of aliphatic hydroxyl groups is 1. The first-order valence-electron chi connectivity index (χ1n) is 10.2. The number of hydrogen-bond acceptors (Lipinski definition) is 2. The molecule has 4 rings (SSSR count). The number of ketones is 1. The van der Waals surface area contributed by atoms with Crippen molar-refractivity contribution in [3.05, 3.63) is 0 Å². The average molecular weight is 319 g/mol. The third-order valence-corrected chi connectivity index (χ3v) is 8.78. The summed E-state index contributed by atoms with van der Waals surface area (Å²) in [4.78, 5) is 12.8. The maximum Gasteiger partial charge on any atom is 0.139 e. The quantitative estimate of drug-likeness (QED) is 0.798. The zero-order valence-electron chi connectivity index (χ0n) is 15.0. The lowest BCUT2D eigenvalue weighted by Gasteiger charge is -2.60. The second-order valence-electron chi connectivity index (χ2n) is 9.49. The summed E-state index contributed by atoms with van der Waals surface area (Å²) >= 11 is 0. The molecule has 0 radical (unpaired) electrons. The average Bonchev–Trinajstić information content (AvgIpc) is 2.86. The molecule has 0 aromatic heterocycles. The second kappa shape index (κ2) is 5.58. The molecule has 0 saturated heterocycles. The van der Waals surface area contributed by atoms with Gasteiger partial charge in [0.25, 0.3) is 0 Å². The Morgan fingerprint density at radius 2 is 1.91 bits per heavy atom. The van der Waals surface area contributed by atoms with Gasteiger partial charge < -0.3 is 5.11 Å². The number of aliphatic hydroxyl groups excluding tert-OH is 1. The van der Waals surface area contributed by atoms with Gasteiger partial charge in [0.05, 0.1) is 6.10 Å². The monoisotopic (exact) mass is 318 g/mol. The van der Waals surface area contributed by atoms with Crippen molar-refractivity contribution in [1.29, 1.82) is 0 Å². The molecule has 1 N–H and O–H groups in total. The standard InChI is InChI=1S/C21H34O2/c1-3-10-21-12-9-17-16(18(21)6-7-19(21)23)5-4-14-13-15(22)8-11-20(14,17)2/h14-18,22H,3-13H2,1-2H3/t14-,15-,16+,17-,18-,20-,21-/m0/s1. The van der Waals surface area contributed by atoms with E-state index in [-0.39, 0.29) is 11.5 Å². The Morgan fingerprint density at radius 1 is 1.09 bits per heavy atom. The van der Waals surface area contributed by atoms with Gasteiger partial charge in [0, 0.05) is 11.8 Å². The first kappa shape index (κ1) is 16.1. The molecule has 4 aliphatic carbocycles. The summed E-state index contributed by atoms with van der Waals surface area (Å²) < 4.78 is 0. The highest BCUT2D eigenvalue weighted by Crippen LogP contribution is 2.66. The van der Waals surface area contributed by atoms with Crippen molar-refractivity contribution in [3.63, 3.8) is 0 Å². The maximum atomic E-state index is 12.8. The summed E-state index contributed by atoms with van der Waals surface area (Å²) in [5.74, 6) is 3.61. The van der Waals surface area contributed by atoms with Crippen LogP contribution in [-0.2, 0) is 4.79 Å². The molecule has 0 spiro atoms. The van der Waals surface area contributed by atoms with Crippen molar-refractivity contribution in [2.24, 2.45) is 34.5 Å². The van der Waals surface area contributed by atoms with Gasteiger partial charge >= 0.3 is 0 Å². The third kappa shape index (κ3) is 2.19. The van der Waals surface area contributed by atoms with Crippen LogP contribution in [0.25, 0.3) is 0 Å². The summed E-state index contributed by atoms with van der Waals surface area (Å²) in [5, 5.41) is 10.1. The molecule has 7 atom stereocenters. The van der Waals surface area contributed by atoms with Crippen molar-refractivity contribution in [3.8, 4) is 0 Å². The van der Waals surface area contributed by atoms with E-state index in [1.54, 1.807) is 0 Å². The lowest BCUT2D eigenvalue weighted by molar-refractivity contribution is -0.146. The fraction of sp³-hybridized carbons (Fsp3) is 0.952. The van der Waals surface area contributed by atoms with Crippen LogP contribution in [-0.4, -0.2) is 17.0 Å². The van der Waals surface area contributed by atoms with Gasteiger partial charge in [0.1, 0.15) is 5.78 Å². The largest absolute Gasteiger partial charge is 0.393 e. The van der Waals surface area contributed by atoms with E-state index in [9.17, 15) is 9.90 Å². The lowest BCUT2D eigenvalue weighted by atomic mass is 9.44. The van der Waals surface area contributed by atoms with E-state index in [1.165, 1.54) is 32.1 Å². The molecule has 0 amide bonds. The third-order valence-electron chi connectivity index (χ3n) is 8.78. The highest BCUT2D eigenvalue weighted by atomic mass is 16.3.